The number of aromatic nitrogens is 2. The molecule has 0 aliphatic rings. The molecule has 0 bridgehead atoms. The monoisotopic (exact) mass is 296 g/mol. The van der Waals surface area contributed by atoms with Crippen LogP contribution in [0.3, 0.4) is 0 Å². The summed E-state index contributed by atoms with van der Waals surface area (Å²) in [6.45, 7) is 10.3. The van der Waals surface area contributed by atoms with Gasteiger partial charge in [0.15, 0.2) is 12.4 Å². The largest absolute Gasteiger partial charge is 0.480 e. The summed E-state index contributed by atoms with van der Waals surface area (Å²) in [6, 6.07) is 0. The Labute approximate surface area is 127 Å². The molecule has 1 aromatic rings. The molecule has 3 N–H and O–H groups in total. The van der Waals surface area contributed by atoms with Crippen LogP contribution in [-0.4, -0.2) is 34.4 Å². The number of hydrogen-bond acceptors (Lipinski definition) is 4. The van der Waals surface area contributed by atoms with Gasteiger partial charge < -0.3 is 15.8 Å². The van der Waals surface area contributed by atoms with Crippen molar-refractivity contribution in [2.75, 3.05) is 13.2 Å². The number of carbonyl (C=O) groups excluding carboxylic acids is 1. The van der Waals surface area contributed by atoms with Gasteiger partial charge in [0.25, 0.3) is 5.91 Å². The van der Waals surface area contributed by atoms with Crippen LogP contribution in [0.25, 0.3) is 0 Å². The third-order valence-corrected chi connectivity index (χ3v) is 3.54. The summed E-state index contributed by atoms with van der Waals surface area (Å²) in [5, 5.41) is 7.23. The second-order valence-electron chi connectivity index (χ2n) is 6.32. The number of hydrogen-bond donors (Lipinski definition) is 2. The second kappa shape index (κ2) is 6.93. The SMILES string of the molecule is Cc1nn(C)c(C)c1OCC(=O)NC(C)(CN)CC(C)C. The fraction of sp³-hybridized carbons (Fsp3) is 0.733. The topological polar surface area (TPSA) is 82.2 Å². The highest BCUT2D eigenvalue weighted by Crippen LogP contribution is 2.21. The van der Waals surface area contributed by atoms with Gasteiger partial charge in [0.05, 0.1) is 5.69 Å². The Kier molecular flexibility index (Phi) is 5.78. The molecular formula is C15H28N4O2. The van der Waals surface area contributed by atoms with Crippen molar-refractivity contribution in [3.63, 3.8) is 0 Å². The molecule has 0 saturated heterocycles. The zero-order valence-corrected chi connectivity index (χ0v) is 14.0. The van der Waals surface area contributed by atoms with Crippen molar-refractivity contribution in [3.8, 4) is 5.75 Å². The van der Waals surface area contributed by atoms with Crippen LogP contribution in [0.2, 0.25) is 0 Å². The summed E-state index contributed by atoms with van der Waals surface area (Å²) in [4.78, 5) is 12.1. The van der Waals surface area contributed by atoms with Gasteiger partial charge in [0, 0.05) is 19.1 Å². The standard InChI is InChI=1S/C15H28N4O2/c1-10(2)7-15(5,9-16)17-13(20)8-21-14-11(3)18-19(6)12(14)4/h10H,7-9,16H2,1-6H3,(H,17,20). The van der Waals surface area contributed by atoms with Crippen molar-refractivity contribution in [3.05, 3.63) is 11.4 Å². The first kappa shape index (κ1) is 17.5. The summed E-state index contributed by atoms with van der Waals surface area (Å²) < 4.78 is 7.35. The van der Waals surface area contributed by atoms with Crippen LogP contribution in [0.1, 0.15) is 38.6 Å². The van der Waals surface area contributed by atoms with E-state index in [4.69, 9.17) is 10.5 Å². The molecule has 0 aromatic carbocycles. The number of nitrogens with zero attached hydrogens (tertiary/aromatic N) is 2. The van der Waals surface area contributed by atoms with Gasteiger partial charge in [-0.2, -0.15) is 5.10 Å². The van der Waals surface area contributed by atoms with Gasteiger partial charge in [-0.15, -0.1) is 0 Å². The number of nitrogens with one attached hydrogen (secondary N) is 1. The molecule has 0 spiro atoms. The smallest absolute Gasteiger partial charge is 0.258 e. The van der Waals surface area contributed by atoms with Crippen LogP contribution in [0.4, 0.5) is 0 Å². The number of ether oxygens (including phenoxy) is 1. The molecule has 1 amide bonds. The van der Waals surface area contributed by atoms with Crippen molar-refractivity contribution < 1.29 is 9.53 Å². The predicted molar refractivity (Wildman–Crippen MR) is 83.2 cm³/mol. The third kappa shape index (κ3) is 4.74. The van der Waals surface area contributed by atoms with E-state index in [0.29, 0.717) is 18.2 Å². The Morgan fingerprint density at radius 2 is 2.10 bits per heavy atom. The van der Waals surface area contributed by atoms with Crippen molar-refractivity contribution in [2.45, 2.75) is 46.6 Å². The average molecular weight is 296 g/mol. The highest BCUT2D eigenvalue weighted by molar-refractivity contribution is 5.78. The zero-order valence-electron chi connectivity index (χ0n) is 14.0. The molecule has 1 atom stereocenters. The number of nitrogens with two attached hydrogens (primary N) is 1. The van der Waals surface area contributed by atoms with Gasteiger partial charge in [-0.1, -0.05) is 13.8 Å². The molecule has 120 valence electrons. The summed E-state index contributed by atoms with van der Waals surface area (Å²) in [7, 11) is 1.85. The Hall–Kier alpha value is -1.56. The summed E-state index contributed by atoms with van der Waals surface area (Å²) in [5.74, 6) is 0.972. The summed E-state index contributed by atoms with van der Waals surface area (Å²) >= 11 is 0. The molecule has 0 aliphatic heterocycles. The fourth-order valence-electron chi connectivity index (χ4n) is 2.56. The van der Waals surface area contributed by atoms with Gasteiger partial charge in [-0.3, -0.25) is 9.48 Å². The van der Waals surface area contributed by atoms with Gasteiger partial charge in [0.2, 0.25) is 0 Å². The Bertz CT molecular complexity index is 496. The normalized spacial score (nSPS) is 14.1. The van der Waals surface area contributed by atoms with E-state index in [1.165, 1.54) is 0 Å². The number of amides is 1. The zero-order chi connectivity index (χ0) is 16.2. The van der Waals surface area contributed by atoms with Crippen molar-refractivity contribution in [1.82, 2.24) is 15.1 Å². The first-order chi connectivity index (χ1) is 9.68. The fourth-order valence-corrected chi connectivity index (χ4v) is 2.56. The van der Waals surface area contributed by atoms with E-state index in [0.717, 1.165) is 17.8 Å². The molecule has 0 fully saturated rings. The van der Waals surface area contributed by atoms with Crippen molar-refractivity contribution >= 4 is 5.91 Å². The van der Waals surface area contributed by atoms with E-state index >= 15 is 0 Å². The number of aryl methyl sites for hydroxylation is 2. The maximum atomic E-state index is 12.1. The molecule has 1 aromatic heterocycles. The molecule has 21 heavy (non-hydrogen) atoms. The van der Waals surface area contributed by atoms with Crippen LogP contribution < -0.4 is 15.8 Å². The summed E-state index contributed by atoms with van der Waals surface area (Å²) in [6.07, 6.45) is 0.834. The maximum absolute atomic E-state index is 12.1. The lowest BCUT2D eigenvalue weighted by Gasteiger charge is -2.31. The minimum Gasteiger partial charge on any atom is -0.480 e. The lowest BCUT2D eigenvalue weighted by molar-refractivity contribution is -0.125. The van der Waals surface area contributed by atoms with E-state index in [-0.39, 0.29) is 12.5 Å². The lowest BCUT2D eigenvalue weighted by Crippen LogP contribution is -2.53. The van der Waals surface area contributed by atoms with E-state index in [1.807, 2.05) is 27.8 Å². The van der Waals surface area contributed by atoms with Crippen molar-refractivity contribution in [2.24, 2.45) is 18.7 Å². The van der Waals surface area contributed by atoms with Gasteiger partial charge >= 0.3 is 0 Å². The number of rotatable bonds is 7. The molecule has 0 aliphatic carbocycles. The molecule has 0 radical (unpaired) electrons. The Morgan fingerprint density at radius 3 is 2.52 bits per heavy atom. The maximum Gasteiger partial charge on any atom is 0.258 e. The van der Waals surface area contributed by atoms with Gasteiger partial charge in [0.1, 0.15) is 5.69 Å². The van der Waals surface area contributed by atoms with E-state index in [9.17, 15) is 4.79 Å². The first-order valence-electron chi connectivity index (χ1n) is 7.32. The van der Waals surface area contributed by atoms with Gasteiger partial charge in [-0.05, 0) is 33.1 Å². The Morgan fingerprint density at radius 1 is 1.48 bits per heavy atom. The Balaban J connectivity index is 2.61. The first-order valence-corrected chi connectivity index (χ1v) is 7.32. The molecule has 1 rings (SSSR count). The molecule has 1 heterocycles. The van der Waals surface area contributed by atoms with Crippen molar-refractivity contribution in [1.29, 1.82) is 0 Å². The van der Waals surface area contributed by atoms with Crippen LogP contribution in [0.15, 0.2) is 0 Å². The van der Waals surface area contributed by atoms with Crippen LogP contribution >= 0.6 is 0 Å². The van der Waals surface area contributed by atoms with Crippen LogP contribution in [-0.2, 0) is 11.8 Å². The molecular weight excluding hydrogens is 268 g/mol. The summed E-state index contributed by atoms with van der Waals surface area (Å²) in [5.41, 5.74) is 7.09. The average Bonchev–Trinajstić information content (AvgIpc) is 2.60. The van der Waals surface area contributed by atoms with Gasteiger partial charge in [-0.25, -0.2) is 0 Å². The van der Waals surface area contributed by atoms with E-state index in [2.05, 4.69) is 24.3 Å². The highest BCUT2D eigenvalue weighted by atomic mass is 16.5. The van der Waals surface area contributed by atoms with E-state index < -0.39 is 5.54 Å². The second-order valence-corrected chi connectivity index (χ2v) is 6.32. The molecule has 0 saturated carbocycles. The molecule has 6 nitrogen and oxygen atoms in total. The molecule has 6 heteroatoms. The third-order valence-electron chi connectivity index (χ3n) is 3.54. The van der Waals surface area contributed by atoms with Crippen LogP contribution in [0.5, 0.6) is 5.75 Å². The minimum atomic E-state index is -0.395. The highest BCUT2D eigenvalue weighted by Gasteiger charge is 2.26. The number of carbonyl (C=O) groups is 1. The molecule has 1 unspecified atom stereocenters. The minimum absolute atomic E-state index is 0.0267. The van der Waals surface area contributed by atoms with E-state index in [1.54, 1.807) is 4.68 Å². The predicted octanol–water partition coefficient (Wildman–Crippen LogP) is 1.30. The van der Waals surface area contributed by atoms with Crippen LogP contribution in [0, 0.1) is 19.8 Å². The quantitative estimate of drug-likeness (QED) is 0.794. The lowest BCUT2D eigenvalue weighted by atomic mass is 9.91.